The topological polar surface area (TPSA) is 71.5 Å². The van der Waals surface area contributed by atoms with Gasteiger partial charge in [0.25, 0.3) is 0 Å². The molecule has 0 unspecified atom stereocenters. The molecule has 0 aromatic carbocycles. The summed E-state index contributed by atoms with van der Waals surface area (Å²) in [6.45, 7) is -1.11. The normalized spacial score (nSPS) is 11.7. The zero-order valence-corrected chi connectivity index (χ0v) is 8.99. The summed E-state index contributed by atoms with van der Waals surface area (Å²) in [6.07, 6.45) is 0.854. The molecule has 0 radical (unpaired) electrons. The Hall–Kier alpha value is -0.170. The van der Waals surface area contributed by atoms with Gasteiger partial charge >= 0.3 is 0 Å². The SMILES string of the molecule is CS(=O)(=O)N(CC(=O)Cl)CC(=O)Cl. The number of carbonyl (C=O) groups excluding carboxylic acids is 2. The van der Waals surface area contributed by atoms with Crippen LogP contribution in [-0.4, -0.2) is 42.6 Å². The van der Waals surface area contributed by atoms with E-state index < -0.39 is 33.6 Å². The number of halogens is 2. The van der Waals surface area contributed by atoms with Crippen molar-refractivity contribution in [3.05, 3.63) is 0 Å². The first-order chi connectivity index (χ1) is 5.73. The van der Waals surface area contributed by atoms with Crippen LogP contribution in [0.1, 0.15) is 0 Å². The number of hydrogen-bond donors (Lipinski definition) is 0. The maximum absolute atomic E-state index is 10.9. The molecule has 0 bridgehead atoms. The van der Waals surface area contributed by atoms with Crippen molar-refractivity contribution >= 4 is 43.7 Å². The van der Waals surface area contributed by atoms with Crippen LogP contribution in [0.4, 0.5) is 0 Å². The van der Waals surface area contributed by atoms with Crippen molar-refractivity contribution in [1.29, 1.82) is 0 Å². The molecule has 8 heteroatoms. The molecule has 0 aliphatic heterocycles. The lowest BCUT2D eigenvalue weighted by atomic mass is 10.6. The van der Waals surface area contributed by atoms with Gasteiger partial charge in [-0.3, -0.25) is 9.59 Å². The Labute approximate surface area is 85.6 Å². The molecule has 76 valence electrons. The van der Waals surface area contributed by atoms with Gasteiger partial charge in [0, 0.05) is 0 Å². The van der Waals surface area contributed by atoms with Crippen molar-refractivity contribution in [3.63, 3.8) is 0 Å². The maximum Gasteiger partial charge on any atom is 0.236 e. The Morgan fingerprint density at radius 2 is 1.46 bits per heavy atom. The second-order valence-electron chi connectivity index (χ2n) is 2.24. The van der Waals surface area contributed by atoms with Crippen LogP contribution >= 0.6 is 23.2 Å². The highest BCUT2D eigenvalue weighted by atomic mass is 35.5. The third-order valence-electron chi connectivity index (χ3n) is 1.07. The van der Waals surface area contributed by atoms with Crippen molar-refractivity contribution in [1.82, 2.24) is 4.31 Å². The van der Waals surface area contributed by atoms with Crippen LogP contribution in [0.2, 0.25) is 0 Å². The second kappa shape index (κ2) is 4.90. The van der Waals surface area contributed by atoms with Crippen molar-refractivity contribution < 1.29 is 18.0 Å². The molecule has 0 aromatic rings. The van der Waals surface area contributed by atoms with Crippen LogP contribution < -0.4 is 0 Å². The molecule has 0 amide bonds. The number of nitrogens with zero attached hydrogens (tertiary/aromatic N) is 1. The summed E-state index contributed by atoms with van der Waals surface area (Å²) in [5.74, 6) is 0. The highest BCUT2D eigenvalue weighted by Gasteiger charge is 2.21. The molecule has 0 aliphatic rings. The molecule has 0 N–H and O–H groups in total. The van der Waals surface area contributed by atoms with Gasteiger partial charge in [-0.05, 0) is 23.2 Å². The molecule has 0 fully saturated rings. The van der Waals surface area contributed by atoms with E-state index in [2.05, 4.69) is 0 Å². The Kier molecular flexibility index (Phi) is 4.83. The summed E-state index contributed by atoms with van der Waals surface area (Å²) >= 11 is 9.93. The fourth-order valence-electron chi connectivity index (χ4n) is 0.568. The zero-order chi connectivity index (χ0) is 10.6. The summed E-state index contributed by atoms with van der Waals surface area (Å²) in [6, 6.07) is 0. The van der Waals surface area contributed by atoms with Gasteiger partial charge in [0.2, 0.25) is 20.5 Å². The van der Waals surface area contributed by atoms with Gasteiger partial charge in [0.05, 0.1) is 19.3 Å². The van der Waals surface area contributed by atoms with Gasteiger partial charge in [-0.1, -0.05) is 0 Å². The van der Waals surface area contributed by atoms with E-state index in [0.29, 0.717) is 4.31 Å². The molecule has 5 nitrogen and oxygen atoms in total. The molecule has 0 atom stereocenters. The molecule has 0 rings (SSSR count). The number of carbonyl (C=O) groups is 2. The van der Waals surface area contributed by atoms with Crippen molar-refractivity contribution in [3.8, 4) is 0 Å². The Balaban J connectivity index is 4.57. The summed E-state index contributed by atoms with van der Waals surface area (Å²) in [7, 11) is -3.63. The van der Waals surface area contributed by atoms with Gasteiger partial charge in [0.1, 0.15) is 0 Å². The third-order valence-corrected chi connectivity index (χ3v) is 2.51. The van der Waals surface area contributed by atoms with E-state index in [-0.39, 0.29) is 0 Å². The summed E-state index contributed by atoms with van der Waals surface area (Å²) in [4.78, 5) is 20.8. The molecular weight excluding hydrogens is 241 g/mol. The minimum Gasteiger partial charge on any atom is -0.280 e. The molecule has 0 heterocycles. The average Bonchev–Trinajstić information content (AvgIpc) is 1.81. The third kappa shape index (κ3) is 5.98. The number of rotatable bonds is 5. The van der Waals surface area contributed by atoms with Crippen molar-refractivity contribution in [2.75, 3.05) is 19.3 Å². The van der Waals surface area contributed by atoms with Gasteiger partial charge in [-0.2, -0.15) is 4.31 Å². The van der Waals surface area contributed by atoms with E-state index in [4.69, 9.17) is 23.2 Å². The lowest BCUT2D eigenvalue weighted by molar-refractivity contribution is -0.113. The Bertz CT molecular complexity index is 296. The van der Waals surface area contributed by atoms with Gasteiger partial charge in [-0.15, -0.1) is 0 Å². The lowest BCUT2D eigenvalue weighted by Gasteiger charge is -2.14. The molecule has 0 spiro atoms. The first-order valence-electron chi connectivity index (χ1n) is 3.05. The highest BCUT2D eigenvalue weighted by Crippen LogP contribution is 2.00. The van der Waals surface area contributed by atoms with Crippen LogP contribution in [0.5, 0.6) is 0 Å². The predicted molar refractivity (Wildman–Crippen MR) is 48.1 cm³/mol. The minimum atomic E-state index is -3.63. The van der Waals surface area contributed by atoms with E-state index in [9.17, 15) is 18.0 Å². The number of hydrogen-bond acceptors (Lipinski definition) is 4. The quantitative estimate of drug-likeness (QED) is 0.630. The monoisotopic (exact) mass is 247 g/mol. The van der Waals surface area contributed by atoms with Crippen molar-refractivity contribution in [2.24, 2.45) is 0 Å². The molecule has 0 aliphatic carbocycles. The van der Waals surface area contributed by atoms with Crippen LogP contribution in [0.25, 0.3) is 0 Å². The van der Waals surface area contributed by atoms with E-state index in [0.717, 1.165) is 6.26 Å². The lowest BCUT2D eigenvalue weighted by Crippen LogP contribution is -2.36. The van der Waals surface area contributed by atoms with Crippen molar-refractivity contribution in [2.45, 2.75) is 0 Å². The van der Waals surface area contributed by atoms with Gasteiger partial charge in [0.15, 0.2) is 0 Å². The summed E-state index contributed by atoms with van der Waals surface area (Å²) < 4.78 is 22.4. The summed E-state index contributed by atoms with van der Waals surface area (Å²) in [5, 5.41) is -1.74. The largest absolute Gasteiger partial charge is 0.280 e. The van der Waals surface area contributed by atoms with Gasteiger partial charge < -0.3 is 0 Å². The van der Waals surface area contributed by atoms with Crippen LogP contribution in [0.3, 0.4) is 0 Å². The summed E-state index contributed by atoms with van der Waals surface area (Å²) in [5.41, 5.74) is 0. The van der Waals surface area contributed by atoms with Crippen LogP contribution in [0, 0.1) is 0 Å². The minimum absolute atomic E-state index is 0.557. The predicted octanol–water partition coefficient (Wildman–Crippen LogP) is -0.221. The smallest absolute Gasteiger partial charge is 0.236 e. The Morgan fingerprint density at radius 3 is 1.62 bits per heavy atom. The van der Waals surface area contributed by atoms with Crippen LogP contribution in [0.15, 0.2) is 0 Å². The fraction of sp³-hybridized carbons (Fsp3) is 0.600. The fourth-order valence-corrected chi connectivity index (χ4v) is 1.70. The maximum atomic E-state index is 10.9. The van der Waals surface area contributed by atoms with E-state index in [1.54, 1.807) is 0 Å². The van der Waals surface area contributed by atoms with E-state index >= 15 is 0 Å². The average molecular weight is 248 g/mol. The number of sulfonamides is 1. The first kappa shape index (κ1) is 12.8. The Morgan fingerprint density at radius 1 is 1.15 bits per heavy atom. The molecule has 0 saturated heterocycles. The molecule has 13 heavy (non-hydrogen) atoms. The highest BCUT2D eigenvalue weighted by molar-refractivity contribution is 7.88. The van der Waals surface area contributed by atoms with Crippen LogP contribution in [-0.2, 0) is 19.6 Å². The zero-order valence-electron chi connectivity index (χ0n) is 6.66. The molecule has 0 aromatic heterocycles. The van der Waals surface area contributed by atoms with Gasteiger partial charge in [-0.25, -0.2) is 8.42 Å². The molecule has 0 saturated carbocycles. The van der Waals surface area contributed by atoms with E-state index in [1.165, 1.54) is 0 Å². The first-order valence-corrected chi connectivity index (χ1v) is 5.65. The molecular formula is C5H7Cl2NO4S. The standard InChI is InChI=1S/C5H7Cl2NO4S/c1-13(11,12)8(2-4(6)9)3-5(7)10/h2-3H2,1H3. The second-order valence-corrected chi connectivity index (χ2v) is 5.07. The van der Waals surface area contributed by atoms with E-state index in [1.807, 2.05) is 0 Å².